The summed E-state index contributed by atoms with van der Waals surface area (Å²) in [6.07, 6.45) is 0. The van der Waals surface area contributed by atoms with Crippen LogP contribution in [0.4, 0.5) is 10.1 Å². The van der Waals surface area contributed by atoms with Crippen molar-refractivity contribution in [1.82, 2.24) is 20.1 Å². The molecule has 0 atom stereocenters. The standard InChI is InChI=1S/C26H32FN5O3S/c1-6-32-23(13-28-24(33)14-35-22-11-17(4)7-10-20(22)16(2)3)30-31-26(32)36-15-25(34)29-21-12-19(27)9-8-18(21)5/h7-12,16H,6,13-15H2,1-5H3,(H,28,33)(H,29,34). The third-order valence-electron chi connectivity index (χ3n) is 5.51. The number of nitrogens with zero attached hydrogens (tertiary/aromatic N) is 3. The monoisotopic (exact) mass is 513 g/mol. The summed E-state index contributed by atoms with van der Waals surface area (Å²) < 4.78 is 21.1. The molecule has 2 amide bonds. The fourth-order valence-electron chi connectivity index (χ4n) is 3.54. The third kappa shape index (κ3) is 7.30. The maximum atomic E-state index is 13.5. The van der Waals surface area contributed by atoms with Gasteiger partial charge in [-0.2, -0.15) is 0 Å². The van der Waals surface area contributed by atoms with Crippen LogP contribution in [0.25, 0.3) is 0 Å². The number of carbonyl (C=O) groups is 2. The zero-order valence-corrected chi connectivity index (χ0v) is 22.0. The van der Waals surface area contributed by atoms with Gasteiger partial charge in [0.15, 0.2) is 17.6 Å². The van der Waals surface area contributed by atoms with Gasteiger partial charge in [-0.15, -0.1) is 10.2 Å². The summed E-state index contributed by atoms with van der Waals surface area (Å²) in [6.45, 7) is 10.5. The van der Waals surface area contributed by atoms with E-state index in [1.54, 1.807) is 13.0 Å². The second-order valence-electron chi connectivity index (χ2n) is 8.70. The number of halogens is 1. The van der Waals surface area contributed by atoms with E-state index in [9.17, 15) is 14.0 Å². The minimum absolute atomic E-state index is 0.0863. The number of hydrogen-bond acceptors (Lipinski definition) is 6. The Hall–Kier alpha value is -3.40. The van der Waals surface area contributed by atoms with E-state index in [0.717, 1.165) is 16.7 Å². The lowest BCUT2D eigenvalue weighted by Crippen LogP contribution is -2.29. The first kappa shape index (κ1) is 27.2. The lowest BCUT2D eigenvalue weighted by atomic mass is 10.0. The normalized spacial score (nSPS) is 11.0. The summed E-state index contributed by atoms with van der Waals surface area (Å²) in [5.74, 6) is 0.700. The fourth-order valence-corrected chi connectivity index (χ4v) is 4.36. The quantitative estimate of drug-likeness (QED) is 0.364. The van der Waals surface area contributed by atoms with Gasteiger partial charge in [-0.25, -0.2) is 4.39 Å². The van der Waals surface area contributed by atoms with Crippen LogP contribution in [0.15, 0.2) is 41.6 Å². The van der Waals surface area contributed by atoms with Crippen LogP contribution in [0, 0.1) is 19.7 Å². The number of amides is 2. The Morgan fingerprint density at radius 3 is 2.61 bits per heavy atom. The van der Waals surface area contributed by atoms with E-state index in [4.69, 9.17) is 4.74 Å². The van der Waals surface area contributed by atoms with Crippen molar-refractivity contribution in [3.63, 3.8) is 0 Å². The van der Waals surface area contributed by atoms with Crippen molar-refractivity contribution in [2.45, 2.75) is 58.8 Å². The van der Waals surface area contributed by atoms with Crippen LogP contribution in [-0.4, -0.2) is 38.9 Å². The number of hydrogen-bond donors (Lipinski definition) is 2. The van der Waals surface area contributed by atoms with Crippen LogP contribution in [-0.2, 0) is 22.7 Å². The first-order valence-electron chi connectivity index (χ1n) is 11.8. The summed E-state index contributed by atoms with van der Waals surface area (Å²) in [5.41, 5.74) is 3.33. The van der Waals surface area contributed by atoms with E-state index in [1.807, 2.05) is 36.6 Å². The van der Waals surface area contributed by atoms with E-state index in [-0.39, 0.29) is 36.6 Å². The molecule has 36 heavy (non-hydrogen) atoms. The van der Waals surface area contributed by atoms with Gasteiger partial charge in [0.25, 0.3) is 5.91 Å². The molecule has 0 saturated carbocycles. The minimum atomic E-state index is -0.411. The number of thioether (sulfide) groups is 1. The SMILES string of the molecule is CCn1c(CNC(=O)COc2cc(C)ccc2C(C)C)nnc1SCC(=O)Nc1cc(F)ccc1C. The Balaban J connectivity index is 1.53. The number of nitrogens with one attached hydrogen (secondary N) is 2. The Labute approximate surface area is 215 Å². The molecule has 1 aromatic heterocycles. The van der Waals surface area contributed by atoms with Crippen molar-refractivity contribution in [3.05, 3.63) is 64.7 Å². The molecular formula is C26H32FN5O3S. The molecule has 0 aliphatic heterocycles. The highest BCUT2D eigenvalue weighted by Gasteiger charge is 2.15. The Morgan fingerprint density at radius 1 is 1.11 bits per heavy atom. The van der Waals surface area contributed by atoms with Gasteiger partial charge in [-0.05, 0) is 61.6 Å². The van der Waals surface area contributed by atoms with Crippen LogP contribution >= 0.6 is 11.8 Å². The van der Waals surface area contributed by atoms with Crippen molar-refractivity contribution in [2.24, 2.45) is 0 Å². The fraction of sp³-hybridized carbons (Fsp3) is 0.385. The smallest absolute Gasteiger partial charge is 0.258 e. The summed E-state index contributed by atoms with van der Waals surface area (Å²) >= 11 is 1.22. The Morgan fingerprint density at radius 2 is 1.89 bits per heavy atom. The lowest BCUT2D eigenvalue weighted by molar-refractivity contribution is -0.123. The predicted octanol–water partition coefficient (Wildman–Crippen LogP) is 4.60. The van der Waals surface area contributed by atoms with Gasteiger partial charge in [-0.3, -0.25) is 9.59 Å². The molecule has 0 aliphatic carbocycles. The number of anilines is 1. The molecule has 0 aliphatic rings. The van der Waals surface area contributed by atoms with Crippen molar-refractivity contribution in [2.75, 3.05) is 17.7 Å². The average molecular weight is 514 g/mol. The second kappa shape index (κ2) is 12.5. The van der Waals surface area contributed by atoms with Crippen LogP contribution in [0.5, 0.6) is 5.75 Å². The number of benzene rings is 2. The second-order valence-corrected chi connectivity index (χ2v) is 9.64. The van der Waals surface area contributed by atoms with E-state index >= 15 is 0 Å². The van der Waals surface area contributed by atoms with Crippen molar-refractivity contribution < 1.29 is 18.7 Å². The summed E-state index contributed by atoms with van der Waals surface area (Å²) in [6, 6.07) is 10.2. The lowest BCUT2D eigenvalue weighted by Gasteiger charge is -2.15. The van der Waals surface area contributed by atoms with E-state index in [2.05, 4.69) is 34.7 Å². The molecule has 0 radical (unpaired) electrons. The highest BCUT2D eigenvalue weighted by molar-refractivity contribution is 7.99. The van der Waals surface area contributed by atoms with E-state index < -0.39 is 5.82 Å². The molecule has 10 heteroatoms. The largest absolute Gasteiger partial charge is 0.483 e. The molecule has 0 fully saturated rings. The van der Waals surface area contributed by atoms with Crippen LogP contribution in [0.1, 0.15) is 49.2 Å². The zero-order valence-electron chi connectivity index (χ0n) is 21.2. The highest BCUT2D eigenvalue weighted by Crippen LogP contribution is 2.27. The van der Waals surface area contributed by atoms with Gasteiger partial charge in [0, 0.05) is 12.2 Å². The molecule has 0 bridgehead atoms. The van der Waals surface area contributed by atoms with E-state index in [1.165, 1.54) is 23.9 Å². The van der Waals surface area contributed by atoms with Crippen molar-refractivity contribution in [1.29, 1.82) is 0 Å². The number of rotatable bonds is 11. The first-order chi connectivity index (χ1) is 17.2. The van der Waals surface area contributed by atoms with Crippen molar-refractivity contribution in [3.8, 4) is 5.75 Å². The van der Waals surface area contributed by atoms with Gasteiger partial charge in [0.2, 0.25) is 5.91 Å². The molecule has 192 valence electrons. The van der Waals surface area contributed by atoms with Crippen LogP contribution in [0.2, 0.25) is 0 Å². The van der Waals surface area contributed by atoms with Gasteiger partial charge in [0.1, 0.15) is 11.6 Å². The Kier molecular flexibility index (Phi) is 9.46. The highest BCUT2D eigenvalue weighted by atomic mass is 32.2. The summed E-state index contributed by atoms with van der Waals surface area (Å²) in [5, 5.41) is 14.4. The summed E-state index contributed by atoms with van der Waals surface area (Å²) in [7, 11) is 0. The maximum Gasteiger partial charge on any atom is 0.258 e. The molecule has 0 unspecified atom stereocenters. The molecular weight excluding hydrogens is 481 g/mol. The van der Waals surface area contributed by atoms with Crippen molar-refractivity contribution >= 4 is 29.3 Å². The summed E-state index contributed by atoms with van der Waals surface area (Å²) in [4.78, 5) is 24.8. The molecule has 1 heterocycles. The van der Waals surface area contributed by atoms with Gasteiger partial charge >= 0.3 is 0 Å². The van der Waals surface area contributed by atoms with Gasteiger partial charge < -0.3 is 19.9 Å². The van der Waals surface area contributed by atoms with E-state index in [0.29, 0.717) is 29.0 Å². The minimum Gasteiger partial charge on any atom is -0.483 e. The number of aromatic nitrogens is 3. The topological polar surface area (TPSA) is 98.1 Å². The first-order valence-corrected chi connectivity index (χ1v) is 12.8. The predicted molar refractivity (Wildman–Crippen MR) is 139 cm³/mol. The Bertz CT molecular complexity index is 1230. The van der Waals surface area contributed by atoms with Gasteiger partial charge in [0.05, 0.1) is 12.3 Å². The molecule has 3 rings (SSSR count). The zero-order chi connectivity index (χ0) is 26.2. The molecule has 8 nitrogen and oxygen atoms in total. The molecule has 2 N–H and O–H groups in total. The maximum absolute atomic E-state index is 13.5. The van der Waals surface area contributed by atoms with Crippen LogP contribution < -0.4 is 15.4 Å². The van der Waals surface area contributed by atoms with Crippen LogP contribution in [0.3, 0.4) is 0 Å². The average Bonchev–Trinajstić information content (AvgIpc) is 3.24. The van der Waals surface area contributed by atoms with Gasteiger partial charge in [-0.1, -0.05) is 43.8 Å². The number of aryl methyl sites for hydroxylation is 2. The molecule has 2 aromatic carbocycles. The number of carbonyl (C=O) groups excluding carboxylic acids is 2. The molecule has 0 spiro atoms. The number of ether oxygens (including phenoxy) is 1. The molecule has 3 aromatic rings. The molecule has 0 saturated heterocycles. The third-order valence-corrected chi connectivity index (χ3v) is 6.48.